The van der Waals surface area contributed by atoms with E-state index < -0.39 is 58.4 Å². The van der Waals surface area contributed by atoms with Crippen molar-refractivity contribution >= 4 is 29.1 Å². The van der Waals surface area contributed by atoms with E-state index in [-0.39, 0.29) is 11.1 Å². The number of amides is 1. The molecule has 0 radical (unpaired) electrons. The molecule has 1 aliphatic rings. The van der Waals surface area contributed by atoms with Crippen molar-refractivity contribution in [2.24, 2.45) is 0 Å². The Morgan fingerprint density at radius 3 is 1.80 bits per heavy atom. The van der Waals surface area contributed by atoms with Crippen LogP contribution in [0.1, 0.15) is 31.8 Å². The molecule has 0 fully saturated rings. The molecule has 0 saturated heterocycles. The van der Waals surface area contributed by atoms with Gasteiger partial charge in [-0.05, 0) is 12.1 Å². The van der Waals surface area contributed by atoms with Crippen molar-refractivity contribution in [2.75, 3.05) is 5.32 Å². The van der Waals surface area contributed by atoms with Gasteiger partial charge in [-0.25, -0.2) is 4.79 Å². The van der Waals surface area contributed by atoms with E-state index in [0.29, 0.717) is 12.1 Å². The maximum Gasteiger partial charge on any atom is 0.491 e. The van der Waals surface area contributed by atoms with Gasteiger partial charge in [0.1, 0.15) is 5.75 Å². The number of ether oxygens (including phenoxy) is 1. The number of rotatable bonds is 2. The highest BCUT2D eigenvalue weighted by atomic mass is 19.4. The van der Waals surface area contributed by atoms with Crippen LogP contribution in [0.25, 0.3) is 0 Å². The van der Waals surface area contributed by atoms with E-state index in [1.54, 1.807) is 0 Å². The Labute approximate surface area is 162 Å². The molecule has 0 saturated carbocycles. The fraction of sp³-hybridized carbons (Fsp3) is 0.111. The summed E-state index contributed by atoms with van der Waals surface area (Å²) in [5.41, 5.74) is -3.01. The van der Waals surface area contributed by atoms with Crippen molar-refractivity contribution in [2.45, 2.75) is 12.4 Å². The molecule has 1 aliphatic carbocycles. The summed E-state index contributed by atoms with van der Waals surface area (Å²) in [5, 5.41) is 1.40. The molecule has 0 heterocycles. The molecule has 0 unspecified atom stereocenters. The fourth-order valence-corrected chi connectivity index (χ4v) is 2.73. The van der Waals surface area contributed by atoms with Gasteiger partial charge in [0.2, 0.25) is 0 Å². The maximum atomic E-state index is 12.8. The van der Waals surface area contributed by atoms with Crippen LogP contribution in [0.15, 0.2) is 36.4 Å². The highest BCUT2D eigenvalue weighted by Crippen LogP contribution is 2.38. The van der Waals surface area contributed by atoms with Crippen LogP contribution in [0.3, 0.4) is 0 Å². The number of carbonyl (C=O) groups is 4. The number of fused-ring (bicyclic) bond motifs is 2. The summed E-state index contributed by atoms with van der Waals surface area (Å²) in [7, 11) is 0. The van der Waals surface area contributed by atoms with E-state index in [4.69, 9.17) is 0 Å². The predicted octanol–water partition coefficient (Wildman–Crippen LogP) is 3.43. The van der Waals surface area contributed by atoms with Gasteiger partial charge in [-0.2, -0.15) is 26.3 Å². The molecule has 2 aromatic carbocycles. The van der Waals surface area contributed by atoms with E-state index >= 15 is 0 Å². The first-order valence-electron chi connectivity index (χ1n) is 7.85. The molecule has 0 spiro atoms. The molecule has 30 heavy (non-hydrogen) atoms. The molecule has 12 heteroatoms. The fourth-order valence-electron chi connectivity index (χ4n) is 2.73. The second kappa shape index (κ2) is 6.97. The maximum absolute atomic E-state index is 12.8. The zero-order valence-corrected chi connectivity index (χ0v) is 14.3. The molecular formula is C18H7F6NO5. The van der Waals surface area contributed by atoms with Gasteiger partial charge in [0.05, 0.1) is 16.8 Å². The molecule has 0 aromatic heterocycles. The average molecular weight is 431 g/mol. The average Bonchev–Trinajstić information content (AvgIpc) is 2.65. The first-order valence-corrected chi connectivity index (χ1v) is 7.85. The topological polar surface area (TPSA) is 89.5 Å². The van der Waals surface area contributed by atoms with E-state index in [2.05, 4.69) is 4.74 Å². The number of nitrogens with one attached hydrogen (secondary N) is 1. The zero-order chi connectivity index (χ0) is 22.4. The van der Waals surface area contributed by atoms with Crippen molar-refractivity contribution in [3.05, 3.63) is 58.7 Å². The number of esters is 1. The number of benzene rings is 2. The standard InChI is InChI=1S/C18H7F6NO5/c19-17(20,21)15(28)25-9-5-6-10(30-16(29)18(22,23)24)12-11(9)13(26)7-3-1-2-4-8(7)14(12)27/h1-6H,(H,25,28). The Balaban J connectivity index is 2.21. The van der Waals surface area contributed by atoms with E-state index in [1.165, 1.54) is 23.5 Å². The molecule has 156 valence electrons. The zero-order valence-electron chi connectivity index (χ0n) is 14.3. The Bertz CT molecular complexity index is 1020. The lowest BCUT2D eigenvalue weighted by molar-refractivity contribution is -0.189. The quantitative estimate of drug-likeness (QED) is 0.382. The number of ketones is 2. The van der Waals surface area contributed by atoms with Crippen molar-refractivity contribution in [3.63, 3.8) is 0 Å². The summed E-state index contributed by atoms with van der Waals surface area (Å²) in [6.07, 6.45) is -10.8. The highest BCUT2D eigenvalue weighted by Gasteiger charge is 2.44. The normalized spacial score (nSPS) is 13.4. The van der Waals surface area contributed by atoms with Crippen molar-refractivity contribution in [1.82, 2.24) is 0 Å². The van der Waals surface area contributed by atoms with Crippen molar-refractivity contribution < 1.29 is 50.3 Å². The van der Waals surface area contributed by atoms with E-state index in [1.807, 2.05) is 0 Å². The second-order valence-corrected chi connectivity index (χ2v) is 5.90. The third-order valence-electron chi connectivity index (χ3n) is 3.98. The smallest absolute Gasteiger partial charge is 0.419 e. The van der Waals surface area contributed by atoms with Gasteiger partial charge in [0.15, 0.2) is 11.6 Å². The third kappa shape index (κ3) is 3.63. The van der Waals surface area contributed by atoms with Gasteiger partial charge in [0.25, 0.3) is 0 Å². The van der Waals surface area contributed by atoms with Crippen LogP contribution in [-0.2, 0) is 9.59 Å². The van der Waals surface area contributed by atoms with Crippen LogP contribution in [0, 0.1) is 0 Å². The monoisotopic (exact) mass is 431 g/mol. The van der Waals surface area contributed by atoms with E-state index in [0.717, 1.165) is 6.07 Å². The third-order valence-corrected chi connectivity index (χ3v) is 3.98. The Kier molecular flexibility index (Phi) is 4.88. The van der Waals surface area contributed by atoms with Crippen LogP contribution in [0.5, 0.6) is 5.75 Å². The van der Waals surface area contributed by atoms with Crippen molar-refractivity contribution in [3.8, 4) is 5.75 Å². The Morgan fingerprint density at radius 2 is 1.30 bits per heavy atom. The number of hydrogen-bond donors (Lipinski definition) is 1. The van der Waals surface area contributed by atoms with E-state index in [9.17, 15) is 45.5 Å². The van der Waals surface area contributed by atoms with Gasteiger partial charge in [-0.3, -0.25) is 14.4 Å². The lowest BCUT2D eigenvalue weighted by Crippen LogP contribution is -2.33. The number of anilines is 1. The first kappa shape index (κ1) is 21.0. The minimum Gasteiger partial charge on any atom is -0.419 e. The first-order chi connectivity index (χ1) is 13.8. The SMILES string of the molecule is O=C1c2ccccc2C(=O)c2c(OC(=O)C(F)(F)F)ccc(NC(=O)C(F)(F)F)c21. The van der Waals surface area contributed by atoms with Gasteiger partial charge in [-0.1, -0.05) is 24.3 Å². The summed E-state index contributed by atoms with van der Waals surface area (Å²) in [6, 6.07) is 6.22. The van der Waals surface area contributed by atoms with Crippen LogP contribution < -0.4 is 10.1 Å². The summed E-state index contributed by atoms with van der Waals surface area (Å²) >= 11 is 0. The summed E-state index contributed by atoms with van der Waals surface area (Å²) in [4.78, 5) is 48.0. The van der Waals surface area contributed by atoms with Gasteiger partial charge >= 0.3 is 24.2 Å². The number of halogens is 6. The van der Waals surface area contributed by atoms with Crippen LogP contribution in [0.4, 0.5) is 32.0 Å². The van der Waals surface area contributed by atoms with Crippen LogP contribution >= 0.6 is 0 Å². The van der Waals surface area contributed by atoms with Gasteiger partial charge < -0.3 is 10.1 Å². The van der Waals surface area contributed by atoms with Crippen LogP contribution in [0.2, 0.25) is 0 Å². The lowest BCUT2D eigenvalue weighted by atomic mass is 9.82. The Hall–Kier alpha value is -3.70. The van der Waals surface area contributed by atoms with Gasteiger partial charge in [0, 0.05) is 11.1 Å². The minimum atomic E-state index is -5.45. The van der Waals surface area contributed by atoms with Gasteiger partial charge in [-0.15, -0.1) is 0 Å². The number of alkyl halides is 6. The predicted molar refractivity (Wildman–Crippen MR) is 86.1 cm³/mol. The Morgan fingerprint density at radius 1 is 0.767 bits per heavy atom. The molecule has 6 nitrogen and oxygen atoms in total. The van der Waals surface area contributed by atoms with Crippen molar-refractivity contribution in [1.29, 1.82) is 0 Å². The molecule has 1 N–H and O–H groups in total. The molecule has 0 aliphatic heterocycles. The number of carbonyl (C=O) groups excluding carboxylic acids is 4. The largest absolute Gasteiger partial charge is 0.491 e. The highest BCUT2D eigenvalue weighted by molar-refractivity contribution is 6.31. The molecule has 1 amide bonds. The molecule has 2 aromatic rings. The van der Waals surface area contributed by atoms with Crippen LogP contribution in [-0.4, -0.2) is 35.8 Å². The molecule has 0 atom stereocenters. The lowest BCUT2D eigenvalue weighted by Gasteiger charge is -2.23. The second-order valence-electron chi connectivity index (χ2n) is 5.90. The molecule has 0 bridgehead atoms. The molecular weight excluding hydrogens is 424 g/mol. The summed E-state index contributed by atoms with van der Waals surface area (Å²) in [6.45, 7) is 0. The molecule has 3 rings (SSSR count). The minimum absolute atomic E-state index is 0.253. The summed E-state index contributed by atoms with van der Waals surface area (Å²) in [5.74, 6) is -8.32. The summed E-state index contributed by atoms with van der Waals surface area (Å²) < 4.78 is 79.6. The number of hydrogen-bond acceptors (Lipinski definition) is 5.